The smallest absolute Gasteiger partial charge is 0.131 e. The summed E-state index contributed by atoms with van der Waals surface area (Å²) >= 11 is 0. The number of rotatable bonds is 1. The monoisotopic (exact) mass is 193 g/mol. The zero-order valence-corrected chi connectivity index (χ0v) is 7.70. The third-order valence-electron chi connectivity index (χ3n) is 1.86. The van der Waals surface area contributed by atoms with Crippen molar-refractivity contribution >= 4 is 11.6 Å². The SMILES string of the molecule is CCC(O)=c1c(O)cc(=C=N)cc1O. The Labute approximate surface area is 80.6 Å². The van der Waals surface area contributed by atoms with Crippen LogP contribution in [0.2, 0.25) is 0 Å². The quantitative estimate of drug-likeness (QED) is 0.477. The van der Waals surface area contributed by atoms with Crippen LogP contribution in [-0.4, -0.2) is 21.2 Å². The first-order valence-electron chi connectivity index (χ1n) is 4.14. The van der Waals surface area contributed by atoms with Crippen LogP contribution in [0.15, 0.2) is 12.1 Å². The number of nitrogens with one attached hydrogen (secondary N) is 1. The van der Waals surface area contributed by atoms with Crippen LogP contribution in [0.25, 0.3) is 5.76 Å². The van der Waals surface area contributed by atoms with E-state index in [2.05, 4.69) is 0 Å². The summed E-state index contributed by atoms with van der Waals surface area (Å²) in [6.07, 6.45) is 0.314. The first-order chi connectivity index (χ1) is 6.60. The normalized spacial score (nSPS) is 9.50. The van der Waals surface area contributed by atoms with Gasteiger partial charge in [-0.1, -0.05) is 6.92 Å². The number of hydrogen-bond acceptors (Lipinski definition) is 4. The average Bonchev–Trinajstić information content (AvgIpc) is 2.16. The largest absolute Gasteiger partial charge is 0.511 e. The molecule has 1 aromatic carbocycles. The van der Waals surface area contributed by atoms with Crippen molar-refractivity contribution in [3.8, 4) is 11.5 Å². The summed E-state index contributed by atoms with van der Waals surface area (Å²) in [6, 6.07) is 2.52. The highest BCUT2D eigenvalue weighted by Crippen LogP contribution is 2.07. The van der Waals surface area contributed by atoms with Crippen molar-refractivity contribution in [2.45, 2.75) is 13.3 Å². The zero-order valence-electron chi connectivity index (χ0n) is 7.70. The Morgan fingerprint density at radius 2 is 1.86 bits per heavy atom. The van der Waals surface area contributed by atoms with Crippen molar-refractivity contribution < 1.29 is 15.3 Å². The van der Waals surface area contributed by atoms with Gasteiger partial charge in [0.25, 0.3) is 0 Å². The van der Waals surface area contributed by atoms with Gasteiger partial charge >= 0.3 is 0 Å². The number of benzene rings is 1. The second kappa shape index (κ2) is 3.85. The molecular weight excluding hydrogens is 182 g/mol. The molecule has 4 nitrogen and oxygen atoms in total. The highest BCUT2D eigenvalue weighted by atomic mass is 16.3. The highest BCUT2D eigenvalue weighted by Gasteiger charge is 2.04. The minimum atomic E-state index is -0.251. The van der Waals surface area contributed by atoms with Gasteiger partial charge in [0, 0.05) is 11.6 Å². The number of aliphatic hydroxyl groups is 1. The molecule has 0 fully saturated rings. The maximum atomic E-state index is 9.44. The summed E-state index contributed by atoms with van der Waals surface area (Å²) < 4.78 is 0. The number of phenols is 2. The molecule has 0 spiro atoms. The van der Waals surface area contributed by atoms with Gasteiger partial charge in [0.2, 0.25) is 0 Å². The van der Waals surface area contributed by atoms with Crippen molar-refractivity contribution in [1.82, 2.24) is 0 Å². The number of hydrogen-bond donors (Lipinski definition) is 4. The first-order valence-corrected chi connectivity index (χ1v) is 4.14. The van der Waals surface area contributed by atoms with Crippen LogP contribution in [-0.2, 0) is 0 Å². The summed E-state index contributed by atoms with van der Waals surface area (Å²) in [4.78, 5) is 0. The molecule has 0 aromatic heterocycles. The lowest BCUT2D eigenvalue weighted by Gasteiger charge is -2.00. The molecule has 0 aliphatic heterocycles. The lowest BCUT2D eigenvalue weighted by atomic mass is 10.2. The Kier molecular flexibility index (Phi) is 2.79. The summed E-state index contributed by atoms with van der Waals surface area (Å²) in [5.41, 5.74) is 0. The first kappa shape index (κ1) is 10.2. The molecule has 0 bridgehead atoms. The van der Waals surface area contributed by atoms with Crippen LogP contribution >= 0.6 is 0 Å². The molecule has 0 saturated carbocycles. The maximum absolute atomic E-state index is 9.44. The Bertz CT molecular complexity index is 458. The lowest BCUT2D eigenvalue weighted by molar-refractivity contribution is 0.426. The summed E-state index contributed by atoms with van der Waals surface area (Å²) in [6.45, 7) is 1.70. The van der Waals surface area contributed by atoms with Gasteiger partial charge in [0.1, 0.15) is 17.3 Å². The van der Waals surface area contributed by atoms with Crippen molar-refractivity contribution in [2.75, 3.05) is 0 Å². The molecule has 74 valence electrons. The number of phenolic OH excluding ortho intramolecular Hbond substituents is 2. The van der Waals surface area contributed by atoms with Crippen LogP contribution in [0.1, 0.15) is 13.3 Å². The third kappa shape index (κ3) is 1.70. The van der Waals surface area contributed by atoms with E-state index >= 15 is 0 Å². The predicted molar refractivity (Wildman–Crippen MR) is 52.2 cm³/mol. The van der Waals surface area contributed by atoms with Gasteiger partial charge in [-0.05, 0) is 18.0 Å². The molecule has 0 amide bonds. The fraction of sp³-hybridized carbons (Fsp3) is 0.200. The van der Waals surface area contributed by atoms with Crippen LogP contribution < -0.4 is 10.4 Å². The predicted octanol–water partition coefficient (Wildman–Crippen LogP) is 0.0941. The minimum absolute atomic E-state index is 0.0199. The van der Waals surface area contributed by atoms with Crippen molar-refractivity contribution in [1.29, 1.82) is 5.41 Å². The van der Waals surface area contributed by atoms with Gasteiger partial charge in [0.15, 0.2) is 0 Å². The Morgan fingerprint density at radius 3 is 2.21 bits per heavy atom. The molecule has 4 N–H and O–H groups in total. The number of aliphatic hydroxyl groups excluding tert-OH is 1. The Morgan fingerprint density at radius 1 is 1.36 bits per heavy atom. The average molecular weight is 193 g/mol. The Balaban J connectivity index is 3.73. The van der Waals surface area contributed by atoms with E-state index in [-0.39, 0.29) is 27.7 Å². The molecule has 14 heavy (non-hydrogen) atoms. The zero-order chi connectivity index (χ0) is 10.7. The van der Waals surface area contributed by atoms with E-state index in [0.717, 1.165) is 0 Å². The van der Waals surface area contributed by atoms with Gasteiger partial charge in [-0.15, -0.1) is 0 Å². The van der Waals surface area contributed by atoms with Crippen molar-refractivity contribution in [3.05, 3.63) is 22.6 Å². The van der Waals surface area contributed by atoms with Crippen molar-refractivity contribution in [2.24, 2.45) is 0 Å². The molecule has 0 aliphatic carbocycles. The Hall–Kier alpha value is -1.93. The van der Waals surface area contributed by atoms with Gasteiger partial charge in [0.05, 0.1) is 5.22 Å². The minimum Gasteiger partial charge on any atom is -0.511 e. The van der Waals surface area contributed by atoms with Crippen molar-refractivity contribution in [3.63, 3.8) is 0 Å². The fourth-order valence-electron chi connectivity index (χ4n) is 1.16. The van der Waals surface area contributed by atoms with Crippen LogP contribution in [0.3, 0.4) is 0 Å². The van der Waals surface area contributed by atoms with E-state index < -0.39 is 0 Å². The maximum Gasteiger partial charge on any atom is 0.131 e. The van der Waals surface area contributed by atoms with E-state index in [1.54, 1.807) is 6.92 Å². The molecule has 1 aromatic rings. The molecule has 0 radical (unpaired) electrons. The molecular formula is C10H11NO3. The van der Waals surface area contributed by atoms with Crippen LogP contribution in [0.4, 0.5) is 0 Å². The summed E-state index contributed by atoms with van der Waals surface area (Å²) in [7, 11) is 0. The second-order valence-corrected chi connectivity index (χ2v) is 2.81. The molecule has 0 atom stereocenters. The standard InChI is InChI=1S/C10H11NO3/c1-2-7(12)10-8(13)3-6(5-11)4-9(10)14/h3-4,11-14H,2H2,1H3. The molecule has 0 saturated heterocycles. The molecule has 0 heterocycles. The van der Waals surface area contributed by atoms with Gasteiger partial charge in [-0.2, -0.15) is 0 Å². The fourth-order valence-corrected chi connectivity index (χ4v) is 1.16. The second-order valence-electron chi connectivity index (χ2n) is 2.81. The van der Waals surface area contributed by atoms with E-state index in [1.807, 2.05) is 5.87 Å². The molecule has 0 unspecified atom stereocenters. The topological polar surface area (TPSA) is 84.5 Å². The molecule has 0 aliphatic rings. The highest BCUT2D eigenvalue weighted by molar-refractivity contribution is 5.54. The summed E-state index contributed by atoms with van der Waals surface area (Å²) in [5, 5.41) is 35.4. The summed E-state index contributed by atoms with van der Waals surface area (Å²) in [5.74, 6) is 1.44. The third-order valence-corrected chi connectivity index (χ3v) is 1.86. The van der Waals surface area contributed by atoms with Crippen LogP contribution in [0, 0.1) is 5.41 Å². The van der Waals surface area contributed by atoms with Gasteiger partial charge < -0.3 is 15.3 Å². The van der Waals surface area contributed by atoms with Gasteiger partial charge in [-0.3, -0.25) is 5.41 Å². The van der Waals surface area contributed by atoms with E-state index in [1.165, 1.54) is 12.1 Å². The molecule has 1 rings (SSSR count). The van der Waals surface area contributed by atoms with E-state index in [4.69, 9.17) is 5.41 Å². The lowest BCUT2D eigenvalue weighted by Crippen LogP contribution is -2.13. The molecule has 4 heteroatoms. The van der Waals surface area contributed by atoms with Crippen LogP contribution in [0.5, 0.6) is 11.5 Å². The van der Waals surface area contributed by atoms with E-state index in [9.17, 15) is 15.3 Å². The van der Waals surface area contributed by atoms with E-state index in [0.29, 0.717) is 6.42 Å². The number of aromatic hydroxyl groups is 2. The van der Waals surface area contributed by atoms with Gasteiger partial charge in [-0.25, -0.2) is 0 Å².